The lowest BCUT2D eigenvalue weighted by Crippen LogP contribution is -2.38. The Hall–Kier alpha value is -4.20. The quantitative estimate of drug-likeness (QED) is 0.149. The Kier molecular flexibility index (Phi) is 9.24. The molecule has 1 aliphatic heterocycles. The number of ketones is 1. The minimum Gasteiger partial charge on any atom is -0.467 e. The third-order valence-electron chi connectivity index (χ3n) is 8.72. The third-order valence-corrected chi connectivity index (χ3v) is 8.98. The molecule has 7 nitrogen and oxygen atoms in total. The van der Waals surface area contributed by atoms with Crippen LogP contribution in [0.5, 0.6) is 0 Å². The van der Waals surface area contributed by atoms with Crippen molar-refractivity contribution in [3.05, 3.63) is 125 Å². The number of imidazole rings is 1. The number of carbonyl (C=O) groups is 2. The summed E-state index contributed by atoms with van der Waals surface area (Å²) < 4.78 is 7.59. The van der Waals surface area contributed by atoms with Crippen molar-refractivity contribution in [1.29, 1.82) is 0 Å². The van der Waals surface area contributed by atoms with E-state index in [-0.39, 0.29) is 23.5 Å². The van der Waals surface area contributed by atoms with Crippen molar-refractivity contribution in [2.24, 2.45) is 5.92 Å². The van der Waals surface area contributed by atoms with Crippen LogP contribution in [0.2, 0.25) is 5.02 Å². The summed E-state index contributed by atoms with van der Waals surface area (Å²) in [4.78, 5) is 36.0. The number of nitrogens with zero attached hydrogens (tertiary/aromatic N) is 4. The number of likely N-dealkylation sites (N-methyl/N-ethyl adjacent to an activating group) is 1. The summed E-state index contributed by atoms with van der Waals surface area (Å²) in [5.74, 6) is 1.51. The number of aromatic nitrogens is 2. The maximum atomic E-state index is 13.8. The van der Waals surface area contributed by atoms with Gasteiger partial charge in [0, 0.05) is 36.0 Å². The van der Waals surface area contributed by atoms with Gasteiger partial charge in [0.15, 0.2) is 5.82 Å². The lowest BCUT2D eigenvalue weighted by Gasteiger charge is -2.33. The highest BCUT2D eigenvalue weighted by Crippen LogP contribution is 2.28. The molecule has 1 saturated heterocycles. The molecule has 1 amide bonds. The van der Waals surface area contributed by atoms with Gasteiger partial charge in [-0.3, -0.25) is 9.59 Å². The highest BCUT2D eigenvalue weighted by Gasteiger charge is 2.30. The molecule has 0 spiro atoms. The Bertz CT molecular complexity index is 1690. The van der Waals surface area contributed by atoms with Crippen LogP contribution in [0.4, 0.5) is 0 Å². The molecule has 2 aromatic heterocycles. The monoisotopic (exact) mass is 608 g/mol. The normalized spacial score (nSPS) is 15.0. The number of rotatable bonds is 11. The first-order valence-corrected chi connectivity index (χ1v) is 15.6. The van der Waals surface area contributed by atoms with Crippen LogP contribution in [0, 0.1) is 5.92 Å². The zero-order valence-corrected chi connectivity index (χ0v) is 25.7. The number of halogens is 1. The van der Waals surface area contributed by atoms with Crippen molar-refractivity contribution in [2.45, 2.75) is 31.7 Å². The lowest BCUT2D eigenvalue weighted by atomic mass is 9.90. The molecule has 6 rings (SSSR count). The highest BCUT2D eigenvalue weighted by atomic mass is 35.5. The van der Waals surface area contributed by atoms with Crippen molar-refractivity contribution >= 4 is 34.3 Å². The zero-order valence-electron chi connectivity index (χ0n) is 24.9. The molecule has 3 heterocycles. The molecule has 8 heteroatoms. The molecule has 1 unspecified atom stereocenters. The minimum absolute atomic E-state index is 0.0157. The van der Waals surface area contributed by atoms with Gasteiger partial charge in [-0.15, -0.1) is 0 Å². The van der Waals surface area contributed by atoms with E-state index >= 15 is 0 Å². The van der Waals surface area contributed by atoms with Crippen LogP contribution in [0.25, 0.3) is 11.0 Å². The number of piperidine rings is 1. The van der Waals surface area contributed by atoms with Gasteiger partial charge in [-0.05, 0) is 93.0 Å². The summed E-state index contributed by atoms with van der Waals surface area (Å²) in [6.45, 7) is 3.66. The largest absolute Gasteiger partial charge is 0.467 e. The zero-order chi connectivity index (χ0) is 30.5. The molecule has 5 aromatic rings. The molecule has 0 N–H and O–H groups in total. The fourth-order valence-electron chi connectivity index (χ4n) is 6.23. The molecule has 226 valence electrons. The molecule has 0 radical (unpaired) electrons. The van der Waals surface area contributed by atoms with E-state index < -0.39 is 0 Å². The van der Waals surface area contributed by atoms with E-state index in [1.165, 1.54) is 5.56 Å². The second-order valence-corrected chi connectivity index (χ2v) is 12.1. The van der Waals surface area contributed by atoms with Gasteiger partial charge in [-0.2, -0.15) is 0 Å². The average molecular weight is 609 g/mol. The molecule has 0 saturated carbocycles. The molecular formula is C36H37ClN4O3. The van der Waals surface area contributed by atoms with E-state index in [0.29, 0.717) is 29.5 Å². The van der Waals surface area contributed by atoms with E-state index in [1.807, 2.05) is 95.4 Å². The second-order valence-electron chi connectivity index (χ2n) is 11.7. The summed E-state index contributed by atoms with van der Waals surface area (Å²) in [5, 5.41) is 0.700. The predicted molar refractivity (Wildman–Crippen MR) is 173 cm³/mol. The number of hydrogen-bond acceptors (Lipinski definition) is 5. The standard InChI is InChI=1S/C36H37ClN4O3/c1-39(36(43)28-8-3-2-4-9-28)24-29(26-13-15-30(37)16-14-26)19-22-40-20-17-27(18-21-40)34(42)35-38-32-11-5-6-12-33(32)41(35)25-31-10-7-23-44-31/h2-16,23,27,29H,17-22,24-25H2,1H3. The molecule has 1 aliphatic rings. The van der Waals surface area contributed by atoms with Gasteiger partial charge in [0.2, 0.25) is 5.78 Å². The Morgan fingerprint density at radius 1 is 0.955 bits per heavy atom. The molecule has 0 bridgehead atoms. The van der Waals surface area contributed by atoms with Crippen molar-refractivity contribution in [2.75, 3.05) is 33.2 Å². The highest BCUT2D eigenvalue weighted by molar-refractivity contribution is 6.30. The number of para-hydroxylation sites is 2. The van der Waals surface area contributed by atoms with Crippen LogP contribution in [0.15, 0.2) is 102 Å². The Balaban J connectivity index is 1.10. The molecule has 0 aliphatic carbocycles. The van der Waals surface area contributed by atoms with Gasteiger partial charge in [0.1, 0.15) is 5.76 Å². The number of furan rings is 1. The molecule has 3 aromatic carbocycles. The first kappa shape index (κ1) is 29.9. The second kappa shape index (κ2) is 13.6. The molecule has 1 atom stereocenters. The number of Topliss-reactive ketones (excluding diaryl/α,β-unsaturated/α-hetero) is 1. The molecular weight excluding hydrogens is 572 g/mol. The summed E-state index contributed by atoms with van der Waals surface area (Å²) in [7, 11) is 1.87. The first-order valence-electron chi connectivity index (χ1n) is 15.3. The number of hydrogen-bond donors (Lipinski definition) is 0. The topological polar surface area (TPSA) is 71.6 Å². The van der Waals surface area contributed by atoms with Gasteiger partial charge in [-0.1, -0.05) is 54.1 Å². The summed E-state index contributed by atoms with van der Waals surface area (Å²) in [6.07, 6.45) is 4.13. The van der Waals surface area contributed by atoms with Crippen LogP contribution in [-0.4, -0.2) is 64.3 Å². The molecule has 44 heavy (non-hydrogen) atoms. The van der Waals surface area contributed by atoms with Crippen LogP contribution in [-0.2, 0) is 6.54 Å². The fraction of sp³-hybridized carbons (Fsp3) is 0.306. The first-order chi connectivity index (χ1) is 21.5. The Morgan fingerprint density at radius 3 is 2.41 bits per heavy atom. The van der Waals surface area contributed by atoms with Crippen LogP contribution in [0.1, 0.15) is 57.5 Å². The van der Waals surface area contributed by atoms with Gasteiger partial charge < -0.3 is 18.8 Å². The van der Waals surface area contributed by atoms with Crippen molar-refractivity contribution in [1.82, 2.24) is 19.4 Å². The maximum absolute atomic E-state index is 13.8. The number of carbonyl (C=O) groups excluding carboxylic acids is 2. The van der Waals surface area contributed by atoms with E-state index in [4.69, 9.17) is 21.0 Å². The summed E-state index contributed by atoms with van der Waals surface area (Å²) in [5.41, 5.74) is 3.62. The van der Waals surface area contributed by atoms with Crippen LogP contribution in [0.3, 0.4) is 0 Å². The smallest absolute Gasteiger partial charge is 0.253 e. The van der Waals surface area contributed by atoms with Gasteiger partial charge in [0.25, 0.3) is 5.91 Å². The number of amides is 1. The number of benzene rings is 3. The van der Waals surface area contributed by atoms with Gasteiger partial charge in [0.05, 0.1) is 23.8 Å². The predicted octanol–water partition coefficient (Wildman–Crippen LogP) is 7.17. The van der Waals surface area contributed by atoms with Crippen LogP contribution >= 0.6 is 11.6 Å². The summed E-state index contributed by atoms with van der Waals surface area (Å²) >= 11 is 6.19. The summed E-state index contributed by atoms with van der Waals surface area (Å²) in [6, 6.07) is 29.0. The van der Waals surface area contributed by atoms with E-state index in [9.17, 15) is 9.59 Å². The fourth-order valence-corrected chi connectivity index (χ4v) is 6.36. The lowest BCUT2D eigenvalue weighted by molar-refractivity contribution is 0.0779. The van der Waals surface area contributed by atoms with Gasteiger partial charge in [-0.25, -0.2) is 4.98 Å². The van der Waals surface area contributed by atoms with Gasteiger partial charge >= 0.3 is 0 Å². The van der Waals surface area contributed by atoms with E-state index in [1.54, 1.807) is 6.26 Å². The SMILES string of the molecule is CN(CC(CCN1CCC(C(=O)c2nc3ccccc3n2Cc2ccco2)CC1)c1ccc(Cl)cc1)C(=O)c1ccccc1. The van der Waals surface area contributed by atoms with Crippen molar-refractivity contribution < 1.29 is 14.0 Å². The van der Waals surface area contributed by atoms with E-state index in [2.05, 4.69) is 17.0 Å². The minimum atomic E-state index is -0.0693. The Labute approximate surface area is 263 Å². The van der Waals surface area contributed by atoms with E-state index in [0.717, 1.165) is 55.7 Å². The maximum Gasteiger partial charge on any atom is 0.253 e. The average Bonchev–Trinajstić information content (AvgIpc) is 3.72. The van der Waals surface area contributed by atoms with Crippen molar-refractivity contribution in [3.63, 3.8) is 0 Å². The number of likely N-dealkylation sites (tertiary alicyclic amines) is 1. The van der Waals surface area contributed by atoms with Crippen molar-refractivity contribution in [3.8, 4) is 0 Å². The Morgan fingerprint density at radius 2 is 1.68 bits per heavy atom. The third kappa shape index (κ3) is 6.79. The molecule has 1 fully saturated rings. The number of fused-ring (bicyclic) bond motifs is 1. The van der Waals surface area contributed by atoms with Crippen LogP contribution < -0.4 is 0 Å².